The predicted molar refractivity (Wildman–Crippen MR) is 52.4 cm³/mol. The number of hydrogen-bond donors (Lipinski definition) is 0. The number of aromatic nitrogens is 1. The van der Waals surface area contributed by atoms with Crippen LogP contribution in [0.1, 0.15) is 10.4 Å². The van der Waals surface area contributed by atoms with E-state index in [1.807, 2.05) is 0 Å². The lowest BCUT2D eigenvalue weighted by Crippen LogP contribution is -1.87. The van der Waals surface area contributed by atoms with E-state index in [2.05, 4.69) is 4.98 Å². The molecule has 2 aromatic rings. The van der Waals surface area contributed by atoms with Gasteiger partial charge >= 0.3 is 0 Å². The van der Waals surface area contributed by atoms with Gasteiger partial charge in [0, 0.05) is 10.5 Å². The second kappa shape index (κ2) is 4.27. The molecule has 5 heteroatoms. The van der Waals surface area contributed by atoms with Gasteiger partial charge in [-0.1, -0.05) is 0 Å². The second-order valence-electron chi connectivity index (χ2n) is 2.70. The fourth-order valence-electron chi connectivity index (χ4n) is 1.06. The van der Waals surface area contributed by atoms with E-state index in [0.29, 0.717) is 22.0 Å². The van der Waals surface area contributed by atoms with E-state index >= 15 is 0 Å². The molecule has 0 atom stereocenters. The van der Waals surface area contributed by atoms with Crippen molar-refractivity contribution in [2.75, 3.05) is 0 Å². The maximum atomic E-state index is 12.8. The molecule has 1 aromatic carbocycles. The molecule has 76 valence electrons. The molecule has 0 aliphatic carbocycles. The number of carbonyl (C=O) groups excluding carboxylic acids is 1. The summed E-state index contributed by atoms with van der Waals surface area (Å²) >= 11 is 1.18. The fraction of sp³-hybridized carbons (Fsp3) is 0. The van der Waals surface area contributed by atoms with Crippen molar-refractivity contribution >= 4 is 18.0 Å². The Labute approximate surface area is 89.3 Å². The van der Waals surface area contributed by atoms with Gasteiger partial charge in [-0.25, -0.2) is 9.37 Å². The Morgan fingerprint density at radius 3 is 3.00 bits per heavy atom. The van der Waals surface area contributed by atoms with E-state index < -0.39 is 5.82 Å². The third kappa shape index (κ3) is 2.24. The zero-order valence-electron chi connectivity index (χ0n) is 7.51. The third-order valence-electron chi connectivity index (χ3n) is 1.71. The highest BCUT2D eigenvalue weighted by Crippen LogP contribution is 2.28. The van der Waals surface area contributed by atoms with Crippen molar-refractivity contribution in [1.29, 1.82) is 0 Å². The molecule has 0 saturated heterocycles. The molecule has 0 radical (unpaired) electrons. The van der Waals surface area contributed by atoms with Gasteiger partial charge in [0.2, 0.25) is 0 Å². The molecule has 0 aliphatic heterocycles. The van der Waals surface area contributed by atoms with Crippen LogP contribution in [-0.4, -0.2) is 11.3 Å². The minimum Gasteiger partial charge on any atom is -0.440 e. The average molecular weight is 223 g/mol. The SMILES string of the molecule is O=Cc1cc(F)ccc1Sc1ncco1. The van der Waals surface area contributed by atoms with Crippen LogP contribution in [0.4, 0.5) is 4.39 Å². The molecule has 0 fully saturated rings. The lowest BCUT2D eigenvalue weighted by molar-refractivity contribution is 0.112. The van der Waals surface area contributed by atoms with Crippen LogP contribution < -0.4 is 0 Å². The summed E-state index contributed by atoms with van der Waals surface area (Å²) in [4.78, 5) is 15.2. The Morgan fingerprint density at radius 1 is 1.47 bits per heavy atom. The zero-order valence-corrected chi connectivity index (χ0v) is 8.33. The Bertz CT molecular complexity index is 470. The number of rotatable bonds is 3. The number of benzene rings is 1. The van der Waals surface area contributed by atoms with Crippen molar-refractivity contribution < 1.29 is 13.6 Å². The lowest BCUT2D eigenvalue weighted by Gasteiger charge is -2.00. The van der Waals surface area contributed by atoms with Crippen molar-refractivity contribution in [3.8, 4) is 0 Å². The van der Waals surface area contributed by atoms with Gasteiger partial charge in [-0.3, -0.25) is 4.79 Å². The number of aldehydes is 1. The Balaban J connectivity index is 2.32. The summed E-state index contributed by atoms with van der Waals surface area (Å²) in [5, 5.41) is 0.421. The van der Waals surface area contributed by atoms with Gasteiger partial charge in [0.1, 0.15) is 12.1 Å². The van der Waals surface area contributed by atoms with Crippen LogP contribution in [-0.2, 0) is 0 Å². The van der Waals surface area contributed by atoms with Crippen LogP contribution in [0.3, 0.4) is 0 Å². The molecule has 0 N–H and O–H groups in total. The fourth-order valence-corrected chi connectivity index (χ4v) is 1.83. The molecule has 15 heavy (non-hydrogen) atoms. The van der Waals surface area contributed by atoms with E-state index in [-0.39, 0.29) is 0 Å². The quantitative estimate of drug-likeness (QED) is 0.750. The largest absolute Gasteiger partial charge is 0.440 e. The highest BCUT2D eigenvalue weighted by Gasteiger charge is 2.07. The number of halogens is 1. The van der Waals surface area contributed by atoms with Crippen molar-refractivity contribution in [1.82, 2.24) is 4.98 Å². The second-order valence-corrected chi connectivity index (χ2v) is 3.69. The smallest absolute Gasteiger partial charge is 0.260 e. The summed E-state index contributed by atoms with van der Waals surface area (Å²) in [7, 11) is 0. The highest BCUT2D eigenvalue weighted by molar-refractivity contribution is 7.99. The van der Waals surface area contributed by atoms with Gasteiger partial charge in [-0.05, 0) is 30.0 Å². The van der Waals surface area contributed by atoms with Crippen LogP contribution in [0, 0.1) is 5.82 Å². The summed E-state index contributed by atoms with van der Waals surface area (Å²) in [6.07, 6.45) is 3.55. The first-order chi connectivity index (χ1) is 7.29. The van der Waals surface area contributed by atoms with Crippen molar-refractivity contribution in [3.05, 3.63) is 42.0 Å². The van der Waals surface area contributed by atoms with Gasteiger partial charge in [-0.15, -0.1) is 0 Å². The summed E-state index contributed by atoms with van der Waals surface area (Å²) < 4.78 is 17.8. The van der Waals surface area contributed by atoms with Gasteiger partial charge in [0.05, 0.1) is 6.20 Å². The summed E-state index contributed by atoms with van der Waals surface area (Å²) in [6.45, 7) is 0. The number of oxazole rings is 1. The van der Waals surface area contributed by atoms with E-state index in [9.17, 15) is 9.18 Å². The minimum absolute atomic E-state index is 0.290. The predicted octanol–water partition coefficient (Wildman–Crippen LogP) is 2.78. The number of carbonyl (C=O) groups is 1. The monoisotopic (exact) mass is 223 g/mol. The first-order valence-corrected chi connectivity index (χ1v) is 4.93. The molecule has 0 bridgehead atoms. The Morgan fingerprint density at radius 2 is 2.33 bits per heavy atom. The average Bonchev–Trinajstić information content (AvgIpc) is 2.73. The molecular weight excluding hydrogens is 217 g/mol. The molecule has 0 aliphatic rings. The molecule has 0 amide bonds. The summed E-state index contributed by atoms with van der Waals surface area (Å²) in [5.74, 6) is -0.436. The summed E-state index contributed by atoms with van der Waals surface area (Å²) in [6, 6.07) is 3.99. The molecule has 2 rings (SSSR count). The standard InChI is InChI=1S/C10H6FNO2S/c11-8-1-2-9(7(5-8)6-13)15-10-12-3-4-14-10/h1-6H. The van der Waals surface area contributed by atoms with Crippen molar-refractivity contribution in [2.45, 2.75) is 10.1 Å². The van der Waals surface area contributed by atoms with Crippen LogP contribution in [0.2, 0.25) is 0 Å². The molecule has 0 saturated carbocycles. The molecule has 1 aromatic heterocycles. The van der Waals surface area contributed by atoms with E-state index in [1.165, 1.54) is 42.4 Å². The maximum Gasteiger partial charge on any atom is 0.260 e. The number of nitrogens with zero attached hydrogens (tertiary/aromatic N) is 1. The Hall–Kier alpha value is -1.62. The Kier molecular flexibility index (Phi) is 2.82. The first-order valence-electron chi connectivity index (χ1n) is 4.11. The highest BCUT2D eigenvalue weighted by atomic mass is 32.2. The maximum absolute atomic E-state index is 12.8. The van der Waals surface area contributed by atoms with Crippen LogP contribution in [0.5, 0.6) is 0 Å². The van der Waals surface area contributed by atoms with Gasteiger partial charge < -0.3 is 4.42 Å². The normalized spacial score (nSPS) is 10.2. The number of hydrogen-bond acceptors (Lipinski definition) is 4. The van der Waals surface area contributed by atoms with Crippen LogP contribution in [0.15, 0.2) is 45.2 Å². The molecule has 0 spiro atoms. The third-order valence-corrected chi connectivity index (χ3v) is 2.67. The lowest BCUT2D eigenvalue weighted by atomic mass is 10.2. The van der Waals surface area contributed by atoms with Gasteiger partial charge in [0.15, 0.2) is 6.29 Å². The van der Waals surface area contributed by atoms with E-state index in [1.54, 1.807) is 0 Å². The molecular formula is C10H6FNO2S. The zero-order chi connectivity index (χ0) is 10.7. The van der Waals surface area contributed by atoms with Crippen LogP contribution in [0.25, 0.3) is 0 Å². The summed E-state index contributed by atoms with van der Waals surface area (Å²) in [5.41, 5.74) is 0.290. The van der Waals surface area contributed by atoms with Gasteiger partial charge in [-0.2, -0.15) is 0 Å². The van der Waals surface area contributed by atoms with Crippen molar-refractivity contribution in [2.24, 2.45) is 0 Å². The van der Waals surface area contributed by atoms with Gasteiger partial charge in [0.25, 0.3) is 5.22 Å². The van der Waals surface area contributed by atoms with E-state index in [0.717, 1.165) is 0 Å². The van der Waals surface area contributed by atoms with Crippen LogP contribution >= 0.6 is 11.8 Å². The van der Waals surface area contributed by atoms with E-state index in [4.69, 9.17) is 4.42 Å². The first kappa shape index (κ1) is 9.92. The minimum atomic E-state index is -0.436. The van der Waals surface area contributed by atoms with Crippen molar-refractivity contribution in [3.63, 3.8) is 0 Å². The molecule has 0 unspecified atom stereocenters. The molecule has 1 heterocycles. The molecule has 3 nitrogen and oxygen atoms in total. The topological polar surface area (TPSA) is 43.1 Å².